The minimum absolute atomic E-state index is 0.112. The molecule has 100 valence electrons. The minimum Gasteiger partial charge on any atom is -0.487 e. The number of aliphatic hydroxyl groups is 1. The summed E-state index contributed by atoms with van der Waals surface area (Å²) in [6.07, 6.45) is 0. The van der Waals surface area contributed by atoms with Gasteiger partial charge in [0.2, 0.25) is 0 Å². The van der Waals surface area contributed by atoms with E-state index < -0.39 is 0 Å². The summed E-state index contributed by atoms with van der Waals surface area (Å²) in [7, 11) is 0. The summed E-state index contributed by atoms with van der Waals surface area (Å²) in [6.45, 7) is 0.104. The molecule has 0 amide bonds. The molecule has 0 unspecified atom stereocenters. The number of benzene rings is 2. The summed E-state index contributed by atoms with van der Waals surface area (Å²) in [5.41, 5.74) is 1.39. The monoisotopic (exact) mass is 388 g/mol. The average molecular weight is 390 g/mol. The normalized spacial score (nSPS) is 10.5. The number of para-hydroxylation sites is 1. The molecule has 1 N–H and O–H groups in total. The Hall–Kier alpha value is -0.910. The molecular formula is C14H11Br2FO2. The van der Waals surface area contributed by atoms with Crippen LogP contribution in [-0.2, 0) is 13.2 Å². The van der Waals surface area contributed by atoms with Crippen molar-refractivity contribution in [2.24, 2.45) is 0 Å². The maximum Gasteiger partial charge on any atom is 0.139 e. The molecule has 0 heterocycles. The number of hydrogen-bond acceptors (Lipinski definition) is 2. The molecule has 2 nitrogen and oxygen atoms in total. The van der Waals surface area contributed by atoms with Gasteiger partial charge in [-0.25, -0.2) is 4.39 Å². The van der Waals surface area contributed by atoms with E-state index in [1.807, 2.05) is 12.1 Å². The highest BCUT2D eigenvalue weighted by Crippen LogP contribution is 2.31. The fraction of sp³-hybridized carbons (Fsp3) is 0.143. The molecule has 0 aromatic heterocycles. The van der Waals surface area contributed by atoms with Crippen LogP contribution in [0.3, 0.4) is 0 Å². The molecule has 0 aliphatic carbocycles. The van der Waals surface area contributed by atoms with Crippen molar-refractivity contribution in [2.75, 3.05) is 0 Å². The van der Waals surface area contributed by atoms with Gasteiger partial charge < -0.3 is 9.84 Å². The van der Waals surface area contributed by atoms with E-state index in [1.165, 1.54) is 6.07 Å². The number of ether oxygens (including phenoxy) is 1. The highest BCUT2D eigenvalue weighted by molar-refractivity contribution is 9.10. The van der Waals surface area contributed by atoms with Crippen LogP contribution in [0.2, 0.25) is 0 Å². The quantitative estimate of drug-likeness (QED) is 0.838. The van der Waals surface area contributed by atoms with Crippen LogP contribution in [-0.4, -0.2) is 5.11 Å². The summed E-state index contributed by atoms with van der Waals surface area (Å²) in [6, 6.07) is 10.2. The second-order valence-corrected chi connectivity index (χ2v) is 5.54. The van der Waals surface area contributed by atoms with E-state index in [-0.39, 0.29) is 19.0 Å². The van der Waals surface area contributed by atoms with Gasteiger partial charge in [0, 0.05) is 11.1 Å². The maximum atomic E-state index is 13.4. The van der Waals surface area contributed by atoms with Gasteiger partial charge in [-0.1, -0.05) is 24.3 Å². The smallest absolute Gasteiger partial charge is 0.139 e. The predicted molar refractivity (Wildman–Crippen MR) is 78.5 cm³/mol. The van der Waals surface area contributed by atoms with Crippen LogP contribution >= 0.6 is 31.9 Å². The first-order valence-corrected chi connectivity index (χ1v) is 7.16. The fourth-order valence-corrected chi connectivity index (χ4v) is 2.55. The summed E-state index contributed by atoms with van der Waals surface area (Å²) in [5, 5.41) is 9.27. The molecule has 0 spiro atoms. The van der Waals surface area contributed by atoms with E-state index in [0.29, 0.717) is 21.3 Å². The summed E-state index contributed by atoms with van der Waals surface area (Å²) < 4.78 is 20.2. The standard InChI is InChI=1S/C14H11Br2FO2/c15-11-5-1-3-9(7-18)14(11)19-8-10-4-2-6-12(17)13(10)16/h1-6,18H,7-8H2. The van der Waals surface area contributed by atoms with Gasteiger partial charge in [0.1, 0.15) is 18.2 Å². The molecule has 0 aliphatic rings. The Kier molecular flexibility index (Phi) is 4.96. The van der Waals surface area contributed by atoms with Crippen molar-refractivity contribution in [3.8, 4) is 5.75 Å². The molecule has 0 bridgehead atoms. The van der Waals surface area contributed by atoms with E-state index in [4.69, 9.17) is 4.74 Å². The largest absolute Gasteiger partial charge is 0.487 e. The van der Waals surface area contributed by atoms with Crippen LogP contribution in [0.1, 0.15) is 11.1 Å². The molecule has 0 aliphatic heterocycles. The van der Waals surface area contributed by atoms with E-state index in [1.54, 1.807) is 18.2 Å². The SMILES string of the molecule is OCc1cccc(Br)c1OCc1cccc(F)c1Br. The van der Waals surface area contributed by atoms with Crippen LogP contribution in [0.5, 0.6) is 5.75 Å². The molecule has 0 atom stereocenters. The zero-order chi connectivity index (χ0) is 13.8. The van der Waals surface area contributed by atoms with Gasteiger partial charge in [-0.2, -0.15) is 0 Å². The van der Waals surface area contributed by atoms with Crippen LogP contribution < -0.4 is 4.74 Å². The van der Waals surface area contributed by atoms with E-state index in [2.05, 4.69) is 31.9 Å². The minimum atomic E-state index is -0.324. The summed E-state index contributed by atoms with van der Waals surface area (Å²) in [4.78, 5) is 0. The maximum absolute atomic E-state index is 13.4. The predicted octanol–water partition coefficient (Wildman–Crippen LogP) is 4.42. The Morgan fingerprint density at radius 1 is 1.05 bits per heavy atom. The van der Waals surface area contributed by atoms with Crippen molar-refractivity contribution in [2.45, 2.75) is 13.2 Å². The van der Waals surface area contributed by atoms with Crippen molar-refractivity contribution in [3.05, 3.63) is 62.3 Å². The lowest BCUT2D eigenvalue weighted by Crippen LogP contribution is -2.01. The number of rotatable bonds is 4. The number of halogens is 3. The van der Waals surface area contributed by atoms with Gasteiger partial charge in [-0.05, 0) is 44.0 Å². The lowest BCUT2D eigenvalue weighted by molar-refractivity contribution is 0.257. The highest BCUT2D eigenvalue weighted by atomic mass is 79.9. The Bertz CT molecular complexity index is 588. The van der Waals surface area contributed by atoms with Crippen LogP contribution in [0.15, 0.2) is 45.3 Å². The molecule has 0 fully saturated rings. The Morgan fingerprint density at radius 2 is 1.74 bits per heavy atom. The van der Waals surface area contributed by atoms with Crippen LogP contribution in [0, 0.1) is 5.82 Å². The topological polar surface area (TPSA) is 29.5 Å². The first-order valence-electron chi connectivity index (χ1n) is 5.57. The molecule has 0 saturated heterocycles. The Labute approximate surface area is 127 Å². The zero-order valence-corrected chi connectivity index (χ0v) is 13.0. The van der Waals surface area contributed by atoms with E-state index >= 15 is 0 Å². The van der Waals surface area contributed by atoms with Gasteiger partial charge in [-0.15, -0.1) is 0 Å². The third-order valence-electron chi connectivity index (χ3n) is 2.62. The van der Waals surface area contributed by atoms with Crippen molar-refractivity contribution in [1.82, 2.24) is 0 Å². The lowest BCUT2D eigenvalue weighted by atomic mass is 10.2. The van der Waals surface area contributed by atoms with Crippen molar-refractivity contribution in [3.63, 3.8) is 0 Å². The van der Waals surface area contributed by atoms with Gasteiger partial charge in [0.15, 0.2) is 0 Å². The molecule has 0 saturated carbocycles. The van der Waals surface area contributed by atoms with Gasteiger partial charge in [-0.3, -0.25) is 0 Å². The highest BCUT2D eigenvalue weighted by Gasteiger charge is 2.10. The van der Waals surface area contributed by atoms with Crippen molar-refractivity contribution >= 4 is 31.9 Å². The summed E-state index contributed by atoms with van der Waals surface area (Å²) >= 11 is 6.56. The Morgan fingerprint density at radius 3 is 2.47 bits per heavy atom. The van der Waals surface area contributed by atoms with E-state index in [9.17, 15) is 9.50 Å². The Balaban J connectivity index is 2.21. The first kappa shape index (κ1) is 14.5. The third kappa shape index (κ3) is 3.35. The van der Waals surface area contributed by atoms with E-state index in [0.717, 1.165) is 4.47 Å². The lowest BCUT2D eigenvalue weighted by Gasteiger charge is -2.13. The average Bonchev–Trinajstić information content (AvgIpc) is 2.41. The molecule has 0 radical (unpaired) electrons. The first-order chi connectivity index (χ1) is 9.13. The van der Waals surface area contributed by atoms with Crippen molar-refractivity contribution in [1.29, 1.82) is 0 Å². The van der Waals surface area contributed by atoms with Crippen LogP contribution in [0.25, 0.3) is 0 Å². The van der Waals surface area contributed by atoms with Gasteiger partial charge >= 0.3 is 0 Å². The summed E-state index contributed by atoms with van der Waals surface area (Å²) in [5.74, 6) is 0.247. The second kappa shape index (κ2) is 6.50. The number of aliphatic hydroxyl groups excluding tert-OH is 1. The molecule has 2 rings (SSSR count). The number of hydrogen-bond donors (Lipinski definition) is 1. The van der Waals surface area contributed by atoms with Crippen LogP contribution in [0.4, 0.5) is 4.39 Å². The van der Waals surface area contributed by atoms with Crippen molar-refractivity contribution < 1.29 is 14.2 Å². The molecule has 5 heteroatoms. The molecule has 19 heavy (non-hydrogen) atoms. The zero-order valence-electron chi connectivity index (χ0n) is 9.87. The molecular weight excluding hydrogens is 379 g/mol. The fourth-order valence-electron chi connectivity index (χ4n) is 1.65. The third-order valence-corrected chi connectivity index (χ3v) is 4.13. The second-order valence-electron chi connectivity index (χ2n) is 3.89. The molecule has 2 aromatic carbocycles. The van der Waals surface area contributed by atoms with Gasteiger partial charge in [0.25, 0.3) is 0 Å². The van der Waals surface area contributed by atoms with Gasteiger partial charge in [0.05, 0.1) is 15.6 Å². The molecule has 2 aromatic rings.